The molecule has 2 aliphatic rings. The average molecular weight is 466 g/mol. The number of nitrogens with one attached hydrogen (secondary N) is 2. The lowest BCUT2D eigenvalue weighted by Crippen LogP contribution is -2.50. The van der Waals surface area contributed by atoms with Crippen molar-refractivity contribution in [3.8, 4) is 0 Å². The van der Waals surface area contributed by atoms with Crippen LogP contribution in [-0.2, 0) is 16.0 Å². The van der Waals surface area contributed by atoms with Crippen molar-refractivity contribution in [2.24, 2.45) is 5.92 Å². The maximum absolute atomic E-state index is 13.5. The van der Waals surface area contributed by atoms with Crippen molar-refractivity contribution in [1.82, 2.24) is 10.6 Å². The Bertz CT molecular complexity index is 975. The Morgan fingerprint density at radius 1 is 1.06 bits per heavy atom. The lowest BCUT2D eigenvalue weighted by Gasteiger charge is -2.28. The number of nitrogens with zero attached hydrogens (tertiary/aromatic N) is 1. The Kier molecular flexibility index (Phi) is 8.20. The molecule has 1 saturated carbocycles. The molecule has 2 aromatic rings. The van der Waals surface area contributed by atoms with Crippen LogP contribution in [0.5, 0.6) is 0 Å². The van der Waals surface area contributed by atoms with Gasteiger partial charge in [0.2, 0.25) is 11.8 Å². The summed E-state index contributed by atoms with van der Waals surface area (Å²) in [5.41, 5.74) is 3.00. The molecule has 4 rings (SSSR count). The van der Waals surface area contributed by atoms with Gasteiger partial charge in [-0.1, -0.05) is 62.4 Å². The third-order valence-corrected chi connectivity index (χ3v) is 7.33. The molecule has 0 aromatic heterocycles. The zero-order valence-electron chi connectivity index (χ0n) is 20.1. The lowest BCUT2D eigenvalue weighted by atomic mass is 9.84. The van der Waals surface area contributed by atoms with Crippen LogP contribution in [0.25, 0.3) is 0 Å². The van der Waals surface area contributed by atoms with Crippen LogP contribution in [-0.4, -0.2) is 37.5 Å². The molecule has 1 aliphatic heterocycles. The first-order valence-corrected chi connectivity index (χ1v) is 12.7. The molecule has 0 unspecified atom stereocenters. The van der Waals surface area contributed by atoms with Gasteiger partial charge in [-0.15, -0.1) is 0 Å². The van der Waals surface area contributed by atoms with E-state index in [0.717, 1.165) is 42.6 Å². The number of hydrogen-bond acceptors (Lipinski definition) is 3. The fourth-order valence-electron chi connectivity index (χ4n) is 5.29. The van der Waals surface area contributed by atoms with Gasteiger partial charge >= 0.3 is 0 Å². The Morgan fingerprint density at radius 2 is 1.82 bits per heavy atom. The molecule has 1 heterocycles. The normalized spacial score (nSPS) is 17.6. The number of rotatable bonds is 9. The maximum atomic E-state index is 13.5. The molecule has 5 nitrogen and oxygen atoms in total. The van der Waals surface area contributed by atoms with E-state index in [9.17, 15) is 14.0 Å². The second-order valence-corrected chi connectivity index (χ2v) is 9.73. The number of fused-ring (bicyclic) bond motifs is 1. The van der Waals surface area contributed by atoms with E-state index in [1.54, 1.807) is 6.07 Å². The van der Waals surface area contributed by atoms with Gasteiger partial charge in [0, 0.05) is 25.3 Å². The molecule has 2 amide bonds. The first kappa shape index (κ1) is 24.2. The third kappa shape index (κ3) is 6.16. The van der Waals surface area contributed by atoms with Crippen molar-refractivity contribution >= 4 is 17.5 Å². The summed E-state index contributed by atoms with van der Waals surface area (Å²) in [4.78, 5) is 28.4. The van der Waals surface area contributed by atoms with Gasteiger partial charge in [0.05, 0.1) is 5.92 Å². The molecule has 2 aromatic carbocycles. The highest BCUT2D eigenvalue weighted by Crippen LogP contribution is 2.29. The molecule has 1 aliphatic carbocycles. The van der Waals surface area contributed by atoms with Gasteiger partial charge in [0.15, 0.2) is 0 Å². The summed E-state index contributed by atoms with van der Waals surface area (Å²) in [6.45, 7) is 3.86. The zero-order valence-corrected chi connectivity index (χ0v) is 20.1. The quantitative estimate of drug-likeness (QED) is 0.571. The van der Waals surface area contributed by atoms with Crippen molar-refractivity contribution in [3.05, 3.63) is 65.5 Å². The van der Waals surface area contributed by atoms with Gasteiger partial charge in [0.1, 0.15) is 11.9 Å². The smallest absolute Gasteiger partial charge is 0.242 e. The number of halogens is 1. The highest BCUT2D eigenvalue weighted by molar-refractivity contribution is 5.90. The van der Waals surface area contributed by atoms with Crippen molar-refractivity contribution in [2.75, 3.05) is 24.5 Å². The zero-order chi connectivity index (χ0) is 23.9. The van der Waals surface area contributed by atoms with Crippen molar-refractivity contribution in [1.29, 1.82) is 0 Å². The van der Waals surface area contributed by atoms with E-state index < -0.39 is 6.04 Å². The number of benzene rings is 2. The Morgan fingerprint density at radius 3 is 2.59 bits per heavy atom. The van der Waals surface area contributed by atoms with Crippen LogP contribution in [0.2, 0.25) is 0 Å². The highest BCUT2D eigenvalue weighted by atomic mass is 19.1. The summed E-state index contributed by atoms with van der Waals surface area (Å²) in [5, 5.41) is 6.11. The largest absolute Gasteiger partial charge is 0.369 e. The SMILES string of the molecule is C[C@@H](C(=O)N[C@@H](CC1CCCCC1)C(=O)NCCN1CCc2cc(F)ccc21)c1ccccc1. The Balaban J connectivity index is 1.35. The molecule has 34 heavy (non-hydrogen) atoms. The molecular formula is C28H36FN3O2. The van der Waals surface area contributed by atoms with Gasteiger partial charge in [-0.25, -0.2) is 4.39 Å². The van der Waals surface area contributed by atoms with E-state index in [1.807, 2.05) is 43.3 Å². The van der Waals surface area contributed by atoms with E-state index in [-0.39, 0.29) is 23.5 Å². The van der Waals surface area contributed by atoms with Gasteiger partial charge in [-0.3, -0.25) is 9.59 Å². The third-order valence-electron chi connectivity index (χ3n) is 7.33. The van der Waals surface area contributed by atoms with Crippen molar-refractivity contribution in [2.45, 2.75) is 63.8 Å². The molecule has 0 radical (unpaired) electrons. The van der Waals surface area contributed by atoms with E-state index in [4.69, 9.17) is 0 Å². The predicted molar refractivity (Wildman–Crippen MR) is 133 cm³/mol. The average Bonchev–Trinajstić information content (AvgIpc) is 3.26. The molecule has 0 saturated heterocycles. The van der Waals surface area contributed by atoms with Crippen LogP contribution in [0, 0.1) is 11.7 Å². The second kappa shape index (κ2) is 11.5. The minimum Gasteiger partial charge on any atom is -0.369 e. The number of hydrogen-bond donors (Lipinski definition) is 2. The standard InChI is InChI=1S/C28H36FN3O2/c1-20(22-10-6-3-7-11-22)27(33)31-25(18-21-8-4-2-5-9-21)28(34)30-15-17-32-16-14-23-19-24(29)12-13-26(23)32/h3,6-7,10-13,19-21,25H,2,4-5,8-9,14-18H2,1H3,(H,30,34)(H,31,33)/t20-,25+/m1/s1. The maximum Gasteiger partial charge on any atom is 0.242 e. The van der Waals surface area contributed by atoms with Gasteiger partial charge in [-0.05, 0) is 55.0 Å². The molecule has 182 valence electrons. The lowest BCUT2D eigenvalue weighted by molar-refractivity contribution is -0.130. The number of carbonyl (C=O) groups is 2. The summed E-state index contributed by atoms with van der Waals surface area (Å²) in [7, 11) is 0. The molecule has 6 heteroatoms. The minimum atomic E-state index is -0.526. The molecule has 2 atom stereocenters. The molecule has 2 N–H and O–H groups in total. The van der Waals surface area contributed by atoms with E-state index in [0.29, 0.717) is 25.4 Å². The molecule has 0 bridgehead atoms. The summed E-state index contributed by atoms with van der Waals surface area (Å²) in [6, 6.07) is 14.0. The second-order valence-electron chi connectivity index (χ2n) is 9.73. The summed E-state index contributed by atoms with van der Waals surface area (Å²) < 4.78 is 13.5. The van der Waals surface area contributed by atoms with Crippen LogP contribution in [0.3, 0.4) is 0 Å². The van der Waals surface area contributed by atoms with Crippen LogP contribution >= 0.6 is 0 Å². The van der Waals surface area contributed by atoms with Crippen molar-refractivity contribution in [3.63, 3.8) is 0 Å². The first-order chi connectivity index (χ1) is 16.5. The molecule has 1 fully saturated rings. The highest BCUT2D eigenvalue weighted by Gasteiger charge is 2.28. The van der Waals surface area contributed by atoms with Crippen LogP contribution < -0.4 is 15.5 Å². The minimum absolute atomic E-state index is 0.113. The topological polar surface area (TPSA) is 61.4 Å². The fraction of sp³-hybridized carbons (Fsp3) is 0.500. The van der Waals surface area contributed by atoms with Crippen LogP contribution in [0.1, 0.15) is 62.5 Å². The fourth-order valence-corrected chi connectivity index (χ4v) is 5.29. The molecule has 0 spiro atoms. The summed E-state index contributed by atoms with van der Waals surface area (Å²) >= 11 is 0. The van der Waals surface area contributed by atoms with Gasteiger partial charge in [0.25, 0.3) is 0 Å². The predicted octanol–water partition coefficient (Wildman–Crippen LogP) is 4.56. The Hall–Kier alpha value is -2.89. The summed E-state index contributed by atoms with van der Waals surface area (Å²) in [5.74, 6) is -0.281. The van der Waals surface area contributed by atoms with Crippen LogP contribution in [0.15, 0.2) is 48.5 Å². The van der Waals surface area contributed by atoms with E-state index in [2.05, 4.69) is 15.5 Å². The number of anilines is 1. The van der Waals surface area contributed by atoms with E-state index in [1.165, 1.54) is 25.3 Å². The monoisotopic (exact) mass is 465 g/mol. The Labute approximate surface area is 202 Å². The number of carbonyl (C=O) groups excluding carboxylic acids is 2. The first-order valence-electron chi connectivity index (χ1n) is 12.7. The van der Waals surface area contributed by atoms with Crippen LogP contribution in [0.4, 0.5) is 10.1 Å². The summed E-state index contributed by atoms with van der Waals surface area (Å²) in [6.07, 6.45) is 7.39. The molecular weight excluding hydrogens is 429 g/mol. The van der Waals surface area contributed by atoms with Crippen molar-refractivity contribution < 1.29 is 14.0 Å². The van der Waals surface area contributed by atoms with E-state index >= 15 is 0 Å². The van der Waals surface area contributed by atoms with Gasteiger partial charge < -0.3 is 15.5 Å². The number of amides is 2. The van der Waals surface area contributed by atoms with Gasteiger partial charge in [-0.2, -0.15) is 0 Å².